The molecule has 1 fully saturated rings. The fraction of sp³-hybridized carbons (Fsp3) is 0.550. The number of nitrogens with zero attached hydrogens (tertiary/aromatic N) is 2. The van der Waals surface area contributed by atoms with Gasteiger partial charge < -0.3 is 20.5 Å². The van der Waals surface area contributed by atoms with Gasteiger partial charge in [0.25, 0.3) is 0 Å². The van der Waals surface area contributed by atoms with Crippen molar-refractivity contribution in [2.45, 2.75) is 26.2 Å². The van der Waals surface area contributed by atoms with Crippen molar-refractivity contribution in [3.8, 4) is 0 Å². The summed E-state index contributed by atoms with van der Waals surface area (Å²) in [5.74, 6) is 1.32. The van der Waals surface area contributed by atoms with E-state index in [1.165, 1.54) is 32.0 Å². The van der Waals surface area contributed by atoms with Crippen LogP contribution in [0.25, 0.3) is 10.9 Å². The van der Waals surface area contributed by atoms with Crippen molar-refractivity contribution in [1.29, 1.82) is 0 Å². The standard InChI is InChI=1S/C20H30FN5.HI/c1-3-26-10-4-5-15(14-26)12-25-20(22-2)23-9-8-16-13-24-19-7-6-17(21)11-18(16)19;/h6-7,11,13,15,24H,3-5,8-10,12,14H2,1-2H3,(H2,22,23,25);1H. The van der Waals surface area contributed by atoms with E-state index in [0.29, 0.717) is 5.92 Å². The molecule has 0 spiro atoms. The molecule has 7 heteroatoms. The number of benzene rings is 1. The van der Waals surface area contributed by atoms with Crippen LogP contribution < -0.4 is 10.6 Å². The molecular formula is C20H31FIN5. The normalized spacial score (nSPS) is 18.3. The van der Waals surface area contributed by atoms with Gasteiger partial charge in [-0.15, -0.1) is 24.0 Å². The summed E-state index contributed by atoms with van der Waals surface area (Å²) in [5, 5.41) is 7.78. The molecule has 2 heterocycles. The minimum atomic E-state index is -0.197. The number of rotatable bonds is 6. The van der Waals surface area contributed by atoms with Crippen molar-refractivity contribution in [2.75, 3.05) is 39.8 Å². The fourth-order valence-corrected chi connectivity index (χ4v) is 3.74. The number of likely N-dealkylation sites (tertiary alicyclic amines) is 1. The summed E-state index contributed by atoms with van der Waals surface area (Å²) in [4.78, 5) is 10.0. The van der Waals surface area contributed by atoms with Crippen LogP contribution in [0.1, 0.15) is 25.3 Å². The second-order valence-electron chi connectivity index (χ2n) is 7.04. The molecule has 27 heavy (non-hydrogen) atoms. The lowest BCUT2D eigenvalue weighted by Crippen LogP contribution is -2.44. The van der Waals surface area contributed by atoms with Crippen LogP contribution in [0.15, 0.2) is 29.4 Å². The van der Waals surface area contributed by atoms with Gasteiger partial charge in [-0.3, -0.25) is 4.99 Å². The molecule has 3 N–H and O–H groups in total. The first-order chi connectivity index (χ1) is 12.7. The molecule has 0 aliphatic carbocycles. The predicted octanol–water partition coefficient (Wildman–Crippen LogP) is 3.36. The molecule has 3 rings (SSSR count). The molecule has 150 valence electrons. The van der Waals surface area contributed by atoms with Crippen LogP contribution in [0.3, 0.4) is 0 Å². The molecule has 1 aliphatic rings. The number of fused-ring (bicyclic) bond motifs is 1. The van der Waals surface area contributed by atoms with Gasteiger partial charge in [0.15, 0.2) is 5.96 Å². The van der Waals surface area contributed by atoms with Gasteiger partial charge in [0.1, 0.15) is 5.82 Å². The smallest absolute Gasteiger partial charge is 0.190 e. The van der Waals surface area contributed by atoms with Gasteiger partial charge in [0.05, 0.1) is 0 Å². The lowest BCUT2D eigenvalue weighted by Gasteiger charge is -2.32. The summed E-state index contributed by atoms with van der Waals surface area (Å²) in [6.07, 6.45) is 5.34. The number of hydrogen-bond acceptors (Lipinski definition) is 2. The summed E-state index contributed by atoms with van der Waals surface area (Å²) in [6, 6.07) is 4.86. The molecule has 0 amide bonds. The van der Waals surface area contributed by atoms with Gasteiger partial charge in [0.2, 0.25) is 0 Å². The Balaban J connectivity index is 0.00000261. The first kappa shape index (κ1) is 21.9. The van der Waals surface area contributed by atoms with Crippen molar-refractivity contribution >= 4 is 40.8 Å². The lowest BCUT2D eigenvalue weighted by molar-refractivity contribution is 0.183. The highest BCUT2D eigenvalue weighted by atomic mass is 127. The van der Waals surface area contributed by atoms with Gasteiger partial charge in [-0.1, -0.05) is 6.92 Å². The summed E-state index contributed by atoms with van der Waals surface area (Å²) in [5.41, 5.74) is 2.09. The zero-order valence-corrected chi connectivity index (χ0v) is 18.6. The predicted molar refractivity (Wildman–Crippen MR) is 122 cm³/mol. The average molecular weight is 487 g/mol. The Morgan fingerprint density at radius 1 is 1.37 bits per heavy atom. The van der Waals surface area contributed by atoms with Crippen LogP contribution in [-0.4, -0.2) is 55.6 Å². The summed E-state index contributed by atoms with van der Waals surface area (Å²) >= 11 is 0. The minimum Gasteiger partial charge on any atom is -0.361 e. The zero-order valence-electron chi connectivity index (χ0n) is 16.2. The minimum absolute atomic E-state index is 0. The Morgan fingerprint density at radius 3 is 3.00 bits per heavy atom. The third-order valence-corrected chi connectivity index (χ3v) is 5.25. The number of halogens is 2. The monoisotopic (exact) mass is 487 g/mol. The molecule has 1 aromatic carbocycles. The first-order valence-corrected chi connectivity index (χ1v) is 9.62. The Morgan fingerprint density at radius 2 is 2.22 bits per heavy atom. The number of aromatic nitrogens is 1. The lowest BCUT2D eigenvalue weighted by atomic mass is 9.98. The molecule has 1 aromatic heterocycles. The van der Waals surface area contributed by atoms with E-state index in [1.807, 2.05) is 6.20 Å². The molecule has 0 radical (unpaired) electrons. The SMILES string of the molecule is CCN1CCCC(CNC(=NC)NCCc2c[nH]c3ccc(F)cc23)C1.I. The number of hydrogen-bond donors (Lipinski definition) is 3. The van der Waals surface area contributed by atoms with Crippen molar-refractivity contribution in [3.05, 3.63) is 35.8 Å². The van der Waals surface area contributed by atoms with Crippen LogP contribution in [0.5, 0.6) is 0 Å². The quantitative estimate of drug-likeness (QED) is 0.333. The Labute approximate surface area is 178 Å². The molecule has 2 aromatic rings. The van der Waals surface area contributed by atoms with Crippen LogP contribution in [0.2, 0.25) is 0 Å². The molecule has 1 saturated heterocycles. The van der Waals surface area contributed by atoms with Crippen molar-refractivity contribution in [3.63, 3.8) is 0 Å². The van der Waals surface area contributed by atoms with E-state index in [-0.39, 0.29) is 29.8 Å². The maximum atomic E-state index is 13.5. The van der Waals surface area contributed by atoms with Crippen LogP contribution in [-0.2, 0) is 6.42 Å². The molecule has 1 aliphatic heterocycles. The third kappa shape index (κ3) is 6.07. The van der Waals surface area contributed by atoms with Crippen LogP contribution in [0.4, 0.5) is 4.39 Å². The summed E-state index contributed by atoms with van der Waals surface area (Å²) in [7, 11) is 1.80. The van der Waals surface area contributed by atoms with E-state index in [9.17, 15) is 4.39 Å². The van der Waals surface area contributed by atoms with Gasteiger partial charge >= 0.3 is 0 Å². The van der Waals surface area contributed by atoms with E-state index >= 15 is 0 Å². The second kappa shape index (κ2) is 10.8. The Kier molecular flexibility index (Phi) is 8.82. The highest BCUT2D eigenvalue weighted by molar-refractivity contribution is 14.0. The topological polar surface area (TPSA) is 55.4 Å². The van der Waals surface area contributed by atoms with E-state index in [4.69, 9.17) is 0 Å². The molecule has 0 bridgehead atoms. The number of H-pyrrole nitrogens is 1. The van der Waals surface area contributed by atoms with Gasteiger partial charge in [0, 0.05) is 43.8 Å². The number of nitrogens with one attached hydrogen (secondary N) is 3. The van der Waals surface area contributed by atoms with Gasteiger partial charge in [-0.2, -0.15) is 0 Å². The Bertz CT molecular complexity index is 745. The van der Waals surface area contributed by atoms with Crippen molar-refractivity contribution in [1.82, 2.24) is 20.5 Å². The molecule has 0 saturated carbocycles. The number of aliphatic imine (C=N–C) groups is 1. The average Bonchev–Trinajstić information content (AvgIpc) is 3.06. The molecule has 5 nitrogen and oxygen atoms in total. The number of piperidine rings is 1. The third-order valence-electron chi connectivity index (χ3n) is 5.25. The number of guanidine groups is 1. The largest absolute Gasteiger partial charge is 0.361 e. The van der Waals surface area contributed by atoms with Gasteiger partial charge in [-0.05, 0) is 62.0 Å². The molecule has 1 unspecified atom stereocenters. The van der Waals surface area contributed by atoms with Gasteiger partial charge in [-0.25, -0.2) is 4.39 Å². The van der Waals surface area contributed by atoms with Crippen LogP contribution >= 0.6 is 24.0 Å². The first-order valence-electron chi connectivity index (χ1n) is 9.62. The van der Waals surface area contributed by atoms with E-state index in [0.717, 1.165) is 48.5 Å². The number of aromatic amines is 1. The Hall–Kier alpha value is -1.35. The highest BCUT2D eigenvalue weighted by Gasteiger charge is 2.18. The maximum Gasteiger partial charge on any atom is 0.190 e. The maximum absolute atomic E-state index is 13.5. The van der Waals surface area contributed by atoms with E-state index in [2.05, 4.69) is 32.4 Å². The summed E-state index contributed by atoms with van der Waals surface area (Å²) in [6.45, 7) is 7.47. The zero-order chi connectivity index (χ0) is 18.4. The van der Waals surface area contributed by atoms with Crippen molar-refractivity contribution in [2.24, 2.45) is 10.9 Å². The second-order valence-corrected chi connectivity index (χ2v) is 7.04. The van der Waals surface area contributed by atoms with Crippen molar-refractivity contribution < 1.29 is 4.39 Å². The summed E-state index contributed by atoms with van der Waals surface area (Å²) < 4.78 is 13.5. The highest BCUT2D eigenvalue weighted by Crippen LogP contribution is 2.19. The van der Waals surface area contributed by atoms with E-state index in [1.54, 1.807) is 19.2 Å². The van der Waals surface area contributed by atoms with E-state index < -0.39 is 0 Å². The van der Waals surface area contributed by atoms with Crippen LogP contribution in [0, 0.1) is 11.7 Å². The molecular weight excluding hydrogens is 456 g/mol. The molecule has 1 atom stereocenters. The fourth-order valence-electron chi connectivity index (χ4n) is 3.74.